The molecule has 0 fully saturated rings. The molecule has 0 spiro atoms. The van der Waals surface area contributed by atoms with E-state index in [9.17, 15) is 0 Å². The van der Waals surface area contributed by atoms with Crippen molar-refractivity contribution in [3.8, 4) is 11.4 Å². The third-order valence-electron chi connectivity index (χ3n) is 3.49. The van der Waals surface area contributed by atoms with Gasteiger partial charge in [0, 0.05) is 35.9 Å². The Kier molecular flexibility index (Phi) is 4.28. The van der Waals surface area contributed by atoms with Crippen LogP contribution in [0.3, 0.4) is 0 Å². The fourth-order valence-electron chi connectivity index (χ4n) is 2.24. The lowest BCUT2D eigenvalue weighted by Gasteiger charge is -2.14. The summed E-state index contributed by atoms with van der Waals surface area (Å²) in [6.07, 6.45) is 3.51. The van der Waals surface area contributed by atoms with Crippen LogP contribution < -0.4 is 11.1 Å². The van der Waals surface area contributed by atoms with Gasteiger partial charge in [0.25, 0.3) is 0 Å². The van der Waals surface area contributed by atoms with Gasteiger partial charge in [-0.2, -0.15) is 0 Å². The van der Waals surface area contributed by atoms with E-state index in [1.807, 2.05) is 12.1 Å². The van der Waals surface area contributed by atoms with Crippen LogP contribution in [0.15, 0.2) is 30.6 Å². The van der Waals surface area contributed by atoms with E-state index in [0.717, 1.165) is 21.6 Å². The van der Waals surface area contributed by atoms with E-state index in [1.165, 1.54) is 4.88 Å². The van der Waals surface area contributed by atoms with E-state index in [1.54, 1.807) is 23.7 Å². The molecule has 3 aromatic rings. The highest BCUT2D eigenvalue weighted by molar-refractivity contribution is 7.19. The number of hydrogen-bond donors (Lipinski definition) is 2. The van der Waals surface area contributed by atoms with Crippen LogP contribution in [0.1, 0.15) is 25.6 Å². The minimum atomic E-state index is 0.0906. The highest BCUT2D eigenvalue weighted by Crippen LogP contribution is 2.37. The molecule has 3 aromatic heterocycles. The molecule has 0 bridgehead atoms. The second kappa shape index (κ2) is 6.22. The van der Waals surface area contributed by atoms with Crippen LogP contribution in [0, 0.1) is 0 Å². The number of rotatable bonds is 4. The molecule has 0 atom stereocenters. The Morgan fingerprint density at radius 1 is 1.17 bits per heavy atom. The molecule has 3 heterocycles. The second-order valence-corrected chi connectivity index (χ2v) is 7.47. The Morgan fingerprint density at radius 2 is 1.91 bits per heavy atom. The number of hydrogen-bond acceptors (Lipinski definition) is 6. The molecule has 0 aromatic carbocycles. The SMILES string of the molecule is CC(C)(C)c1cc2nc(-c3ccncc3)nc(NCCN)c2s1. The Morgan fingerprint density at radius 3 is 2.57 bits per heavy atom. The van der Waals surface area contributed by atoms with Gasteiger partial charge in [-0.3, -0.25) is 4.98 Å². The topological polar surface area (TPSA) is 76.7 Å². The maximum Gasteiger partial charge on any atom is 0.162 e. The predicted octanol–water partition coefficient (Wildman–Crippen LogP) is 3.42. The Balaban J connectivity index is 2.16. The van der Waals surface area contributed by atoms with Crippen LogP contribution in [0.25, 0.3) is 21.6 Å². The standard InChI is InChI=1S/C17H21N5S/c1-17(2,3)13-10-12-14(23-13)16(20-9-6-18)22-15(21-12)11-4-7-19-8-5-11/h4-5,7-8,10H,6,9,18H2,1-3H3,(H,20,21,22). The van der Waals surface area contributed by atoms with Crippen LogP contribution in [0.2, 0.25) is 0 Å². The number of anilines is 1. The van der Waals surface area contributed by atoms with Crippen molar-refractivity contribution in [1.82, 2.24) is 15.0 Å². The Hall–Kier alpha value is -2.05. The molecule has 0 radical (unpaired) electrons. The van der Waals surface area contributed by atoms with Crippen LogP contribution >= 0.6 is 11.3 Å². The molecule has 3 rings (SSSR count). The highest BCUT2D eigenvalue weighted by Gasteiger charge is 2.20. The van der Waals surface area contributed by atoms with Crippen LogP contribution in [-0.2, 0) is 5.41 Å². The summed E-state index contributed by atoms with van der Waals surface area (Å²) < 4.78 is 1.08. The van der Waals surface area contributed by atoms with Crippen molar-refractivity contribution in [1.29, 1.82) is 0 Å². The average Bonchev–Trinajstić information content (AvgIpc) is 2.98. The van der Waals surface area contributed by atoms with E-state index in [-0.39, 0.29) is 5.41 Å². The van der Waals surface area contributed by atoms with E-state index in [2.05, 4.69) is 37.1 Å². The molecular weight excluding hydrogens is 306 g/mol. The van der Waals surface area contributed by atoms with Gasteiger partial charge in [-0.1, -0.05) is 20.8 Å². The van der Waals surface area contributed by atoms with E-state index < -0.39 is 0 Å². The first-order valence-electron chi connectivity index (χ1n) is 7.65. The number of thiophene rings is 1. The molecule has 5 nitrogen and oxygen atoms in total. The minimum absolute atomic E-state index is 0.0906. The van der Waals surface area contributed by atoms with Gasteiger partial charge in [-0.05, 0) is 23.6 Å². The number of fused-ring (bicyclic) bond motifs is 1. The summed E-state index contributed by atoms with van der Waals surface area (Å²) in [7, 11) is 0. The fraction of sp³-hybridized carbons (Fsp3) is 0.353. The summed E-state index contributed by atoms with van der Waals surface area (Å²) in [6, 6.07) is 6.01. The minimum Gasteiger partial charge on any atom is -0.367 e. The van der Waals surface area contributed by atoms with Gasteiger partial charge >= 0.3 is 0 Å². The van der Waals surface area contributed by atoms with Crippen LogP contribution in [0.4, 0.5) is 5.82 Å². The number of pyridine rings is 1. The summed E-state index contributed by atoms with van der Waals surface area (Å²) in [5.74, 6) is 1.56. The number of nitrogens with zero attached hydrogens (tertiary/aromatic N) is 3. The molecule has 0 saturated heterocycles. The summed E-state index contributed by atoms with van der Waals surface area (Å²) in [5.41, 5.74) is 7.66. The molecule has 120 valence electrons. The van der Waals surface area contributed by atoms with Gasteiger partial charge in [0.2, 0.25) is 0 Å². The molecule has 6 heteroatoms. The number of nitrogens with two attached hydrogens (primary N) is 1. The largest absolute Gasteiger partial charge is 0.367 e. The van der Waals surface area contributed by atoms with Gasteiger partial charge < -0.3 is 11.1 Å². The lowest BCUT2D eigenvalue weighted by molar-refractivity contribution is 0.604. The van der Waals surface area contributed by atoms with E-state index in [4.69, 9.17) is 15.7 Å². The van der Waals surface area contributed by atoms with E-state index >= 15 is 0 Å². The molecule has 0 unspecified atom stereocenters. The maximum atomic E-state index is 5.63. The lowest BCUT2D eigenvalue weighted by atomic mass is 9.95. The zero-order chi connectivity index (χ0) is 16.4. The zero-order valence-electron chi connectivity index (χ0n) is 13.6. The van der Waals surface area contributed by atoms with Crippen molar-refractivity contribution >= 4 is 27.4 Å². The monoisotopic (exact) mass is 327 g/mol. The van der Waals surface area contributed by atoms with E-state index in [0.29, 0.717) is 18.9 Å². The van der Waals surface area contributed by atoms with Crippen LogP contribution in [-0.4, -0.2) is 28.0 Å². The Bertz CT molecular complexity index is 805. The third-order valence-corrected chi connectivity index (χ3v) is 5.04. The molecule has 0 saturated carbocycles. The normalized spacial score (nSPS) is 11.8. The van der Waals surface area contributed by atoms with Crippen molar-refractivity contribution in [3.05, 3.63) is 35.5 Å². The molecule has 23 heavy (non-hydrogen) atoms. The third kappa shape index (κ3) is 3.33. The van der Waals surface area contributed by atoms with Crippen molar-refractivity contribution in [3.63, 3.8) is 0 Å². The van der Waals surface area contributed by atoms with Crippen molar-refractivity contribution in [2.75, 3.05) is 18.4 Å². The molecule has 0 aliphatic carbocycles. The zero-order valence-corrected chi connectivity index (χ0v) is 14.4. The first kappa shape index (κ1) is 15.8. The molecule has 3 N–H and O–H groups in total. The van der Waals surface area contributed by atoms with Gasteiger partial charge in [0.1, 0.15) is 5.82 Å². The van der Waals surface area contributed by atoms with Crippen molar-refractivity contribution < 1.29 is 0 Å². The summed E-state index contributed by atoms with van der Waals surface area (Å²) in [4.78, 5) is 14.8. The first-order chi connectivity index (χ1) is 11.0. The van der Waals surface area contributed by atoms with Gasteiger partial charge in [-0.25, -0.2) is 9.97 Å². The van der Waals surface area contributed by atoms with Crippen LogP contribution in [0.5, 0.6) is 0 Å². The quantitative estimate of drug-likeness (QED) is 0.768. The Labute approximate surface area is 140 Å². The van der Waals surface area contributed by atoms with Gasteiger partial charge in [0.05, 0.1) is 10.2 Å². The smallest absolute Gasteiger partial charge is 0.162 e. The molecule has 0 aliphatic rings. The molecule has 0 amide bonds. The van der Waals surface area contributed by atoms with Crippen molar-refractivity contribution in [2.24, 2.45) is 5.73 Å². The first-order valence-corrected chi connectivity index (χ1v) is 8.47. The molecule has 0 aliphatic heterocycles. The highest BCUT2D eigenvalue weighted by atomic mass is 32.1. The van der Waals surface area contributed by atoms with Gasteiger partial charge in [-0.15, -0.1) is 11.3 Å². The predicted molar refractivity (Wildman–Crippen MR) is 96.9 cm³/mol. The maximum absolute atomic E-state index is 5.63. The molecular formula is C17H21N5S. The summed E-state index contributed by atoms with van der Waals surface area (Å²) >= 11 is 1.74. The lowest BCUT2D eigenvalue weighted by Crippen LogP contribution is -2.14. The number of aromatic nitrogens is 3. The van der Waals surface area contributed by atoms with Crippen molar-refractivity contribution in [2.45, 2.75) is 26.2 Å². The number of nitrogens with one attached hydrogen (secondary N) is 1. The average molecular weight is 327 g/mol. The second-order valence-electron chi connectivity index (χ2n) is 6.42. The summed E-state index contributed by atoms with van der Waals surface area (Å²) in [5, 5.41) is 3.33. The summed E-state index contributed by atoms with van der Waals surface area (Å²) in [6.45, 7) is 7.88. The fourth-order valence-corrected chi connectivity index (χ4v) is 3.36. The van der Waals surface area contributed by atoms with Gasteiger partial charge in [0.15, 0.2) is 5.82 Å².